The van der Waals surface area contributed by atoms with Crippen LogP contribution in [-0.4, -0.2) is 4.57 Å². The van der Waals surface area contributed by atoms with Gasteiger partial charge in [-0.3, -0.25) is 0 Å². The van der Waals surface area contributed by atoms with Crippen molar-refractivity contribution in [3.63, 3.8) is 0 Å². The van der Waals surface area contributed by atoms with Crippen LogP contribution in [0.5, 0.6) is 0 Å². The fourth-order valence-electron chi connectivity index (χ4n) is 9.23. The van der Waals surface area contributed by atoms with E-state index in [0.717, 1.165) is 61.2 Å². The lowest BCUT2D eigenvalue weighted by atomic mass is 9.98. The van der Waals surface area contributed by atoms with Crippen LogP contribution in [0.3, 0.4) is 0 Å². The minimum Gasteiger partial charge on any atom is -0.456 e. The van der Waals surface area contributed by atoms with Gasteiger partial charge in [-0.2, -0.15) is 0 Å². The SMILES string of the molecule is c1ccc(-c2ccc3c(c2)c2cc(-c4ccccc4)ccc2n3-c2ccc3c(c2)oc2cccc(-c4ccc(C5Nc6ccccc6N5c5ccccc5)cc4)c23)cc1. The molecule has 1 aliphatic rings. The summed E-state index contributed by atoms with van der Waals surface area (Å²) in [5.41, 5.74) is 16.9. The molecule has 59 heavy (non-hydrogen) atoms. The molecule has 2 aromatic heterocycles. The standard InChI is InChI=1S/C55H37N3O/c1-4-13-36(14-5-1)40-27-31-49-46(33-40)47-34-41(37-15-6-2-7-16-37)28-32-50(47)57(49)43-29-30-45-53(35-43)59-52-22-12-19-44(54(45)52)38-23-25-39(26-24-38)55-56-48-20-10-11-21-51(48)58(55)42-17-8-3-9-18-42/h1-35,55-56H. The van der Waals surface area contributed by atoms with Crippen molar-refractivity contribution < 1.29 is 4.42 Å². The summed E-state index contributed by atoms with van der Waals surface area (Å²) in [6.45, 7) is 0. The van der Waals surface area contributed by atoms with Crippen LogP contribution in [0.25, 0.3) is 82.8 Å². The number of nitrogens with one attached hydrogen (secondary N) is 1. The predicted octanol–water partition coefficient (Wildman–Crippen LogP) is 14.9. The van der Waals surface area contributed by atoms with Gasteiger partial charge in [-0.15, -0.1) is 0 Å². The Labute approximate surface area is 341 Å². The van der Waals surface area contributed by atoms with E-state index < -0.39 is 0 Å². The molecular weight excluding hydrogens is 719 g/mol. The Hall–Kier alpha value is -7.82. The van der Waals surface area contributed by atoms with E-state index in [4.69, 9.17) is 4.42 Å². The Morgan fingerprint density at radius 3 is 1.69 bits per heavy atom. The molecule has 4 heteroatoms. The Bertz CT molecular complexity index is 3250. The van der Waals surface area contributed by atoms with Crippen molar-refractivity contribution in [3.8, 4) is 39.1 Å². The maximum Gasteiger partial charge on any atom is 0.137 e. The highest BCUT2D eigenvalue weighted by Crippen LogP contribution is 2.46. The first-order valence-corrected chi connectivity index (χ1v) is 20.2. The topological polar surface area (TPSA) is 33.3 Å². The number of hydrogen-bond acceptors (Lipinski definition) is 3. The number of para-hydroxylation sites is 3. The van der Waals surface area contributed by atoms with E-state index in [0.29, 0.717) is 0 Å². The second-order valence-corrected chi connectivity index (χ2v) is 15.4. The third-order valence-electron chi connectivity index (χ3n) is 12.0. The van der Waals surface area contributed by atoms with Crippen LogP contribution in [0.4, 0.5) is 17.1 Å². The Balaban J connectivity index is 0.954. The van der Waals surface area contributed by atoms with Crippen molar-refractivity contribution in [1.29, 1.82) is 0 Å². The van der Waals surface area contributed by atoms with Gasteiger partial charge in [0.15, 0.2) is 0 Å². The molecule has 1 unspecified atom stereocenters. The van der Waals surface area contributed by atoms with Gasteiger partial charge in [0.2, 0.25) is 0 Å². The zero-order valence-electron chi connectivity index (χ0n) is 32.1. The van der Waals surface area contributed by atoms with Gasteiger partial charge in [0.05, 0.1) is 22.4 Å². The number of furan rings is 1. The summed E-state index contributed by atoms with van der Waals surface area (Å²) in [7, 11) is 0. The molecule has 0 saturated heterocycles. The maximum atomic E-state index is 6.71. The first kappa shape index (κ1) is 33.3. The van der Waals surface area contributed by atoms with E-state index in [1.165, 1.54) is 44.3 Å². The molecule has 1 atom stereocenters. The second kappa shape index (κ2) is 13.4. The number of nitrogens with zero attached hydrogens (tertiary/aromatic N) is 2. The van der Waals surface area contributed by atoms with E-state index in [1.54, 1.807) is 0 Å². The summed E-state index contributed by atoms with van der Waals surface area (Å²) in [4.78, 5) is 2.38. The number of fused-ring (bicyclic) bond motifs is 7. The zero-order chi connectivity index (χ0) is 38.9. The van der Waals surface area contributed by atoms with Crippen LogP contribution >= 0.6 is 0 Å². The van der Waals surface area contributed by atoms with Crippen LogP contribution in [0.2, 0.25) is 0 Å². The molecular formula is C55H37N3O. The average Bonchev–Trinajstić information content (AvgIpc) is 3.99. The molecule has 11 aromatic rings. The lowest BCUT2D eigenvalue weighted by molar-refractivity contribution is 0.668. The molecule has 12 rings (SSSR count). The average molecular weight is 756 g/mol. The minimum atomic E-state index is -0.0245. The van der Waals surface area contributed by atoms with E-state index in [2.05, 4.69) is 227 Å². The predicted molar refractivity (Wildman–Crippen MR) is 246 cm³/mol. The van der Waals surface area contributed by atoms with E-state index >= 15 is 0 Å². The highest BCUT2D eigenvalue weighted by Gasteiger charge is 2.31. The van der Waals surface area contributed by atoms with E-state index in [-0.39, 0.29) is 6.17 Å². The van der Waals surface area contributed by atoms with Crippen molar-refractivity contribution >= 4 is 60.8 Å². The van der Waals surface area contributed by atoms with E-state index in [9.17, 15) is 0 Å². The van der Waals surface area contributed by atoms with Gasteiger partial charge < -0.3 is 19.2 Å². The van der Waals surface area contributed by atoms with Crippen LogP contribution in [0.15, 0.2) is 217 Å². The molecule has 4 nitrogen and oxygen atoms in total. The number of aromatic nitrogens is 1. The highest BCUT2D eigenvalue weighted by atomic mass is 16.3. The fraction of sp³-hybridized carbons (Fsp3) is 0.0182. The zero-order valence-corrected chi connectivity index (χ0v) is 32.1. The van der Waals surface area contributed by atoms with Crippen molar-refractivity contribution in [2.75, 3.05) is 10.2 Å². The Kier molecular flexibility index (Phi) is 7.57. The van der Waals surface area contributed by atoms with Gasteiger partial charge in [-0.05, 0) is 106 Å². The molecule has 1 N–H and O–H groups in total. The molecule has 0 radical (unpaired) electrons. The Morgan fingerprint density at radius 1 is 0.407 bits per heavy atom. The summed E-state index contributed by atoms with van der Waals surface area (Å²) in [5, 5.41) is 8.45. The van der Waals surface area contributed by atoms with Crippen LogP contribution in [-0.2, 0) is 0 Å². The quantitative estimate of drug-likeness (QED) is 0.183. The molecule has 0 aliphatic carbocycles. The number of rotatable bonds is 6. The number of benzene rings is 9. The lowest BCUT2D eigenvalue weighted by Crippen LogP contribution is -2.23. The van der Waals surface area contributed by atoms with Gasteiger partial charge in [0, 0.05) is 39.0 Å². The number of anilines is 3. The second-order valence-electron chi connectivity index (χ2n) is 15.4. The molecule has 0 bridgehead atoms. The summed E-state index contributed by atoms with van der Waals surface area (Å²) in [5.74, 6) is 0. The van der Waals surface area contributed by atoms with Crippen LogP contribution < -0.4 is 10.2 Å². The third-order valence-corrected chi connectivity index (χ3v) is 12.0. The van der Waals surface area contributed by atoms with Crippen molar-refractivity contribution in [2.45, 2.75) is 6.17 Å². The molecule has 1 aliphatic heterocycles. The van der Waals surface area contributed by atoms with Crippen molar-refractivity contribution in [2.24, 2.45) is 0 Å². The molecule has 278 valence electrons. The van der Waals surface area contributed by atoms with Crippen LogP contribution in [0, 0.1) is 0 Å². The first-order valence-electron chi connectivity index (χ1n) is 20.2. The van der Waals surface area contributed by atoms with Gasteiger partial charge >= 0.3 is 0 Å². The Morgan fingerprint density at radius 2 is 1.02 bits per heavy atom. The fourth-order valence-corrected chi connectivity index (χ4v) is 9.23. The maximum absolute atomic E-state index is 6.71. The van der Waals surface area contributed by atoms with Crippen LogP contribution in [0.1, 0.15) is 11.7 Å². The lowest BCUT2D eigenvalue weighted by Gasteiger charge is -2.27. The smallest absolute Gasteiger partial charge is 0.137 e. The largest absolute Gasteiger partial charge is 0.456 e. The molecule has 0 amide bonds. The van der Waals surface area contributed by atoms with Gasteiger partial charge in [-0.1, -0.05) is 140 Å². The summed E-state index contributed by atoms with van der Waals surface area (Å²) >= 11 is 0. The first-order chi connectivity index (χ1) is 29.2. The van der Waals surface area contributed by atoms with Crippen molar-refractivity contribution in [1.82, 2.24) is 4.57 Å². The van der Waals surface area contributed by atoms with E-state index in [1.807, 2.05) is 0 Å². The monoisotopic (exact) mass is 755 g/mol. The molecule has 0 spiro atoms. The summed E-state index contributed by atoms with van der Waals surface area (Å²) in [6.07, 6.45) is -0.0245. The van der Waals surface area contributed by atoms with Gasteiger partial charge in [0.1, 0.15) is 17.3 Å². The summed E-state index contributed by atoms with van der Waals surface area (Å²) in [6, 6.07) is 76.2. The summed E-state index contributed by atoms with van der Waals surface area (Å²) < 4.78 is 9.09. The molecule has 3 heterocycles. The molecule has 0 saturated carbocycles. The molecule has 0 fully saturated rings. The number of hydrogen-bond donors (Lipinski definition) is 1. The normalized spacial score (nSPS) is 13.7. The van der Waals surface area contributed by atoms with Crippen molar-refractivity contribution in [3.05, 3.63) is 218 Å². The van der Waals surface area contributed by atoms with Gasteiger partial charge in [-0.25, -0.2) is 0 Å². The minimum absolute atomic E-state index is 0.0245. The molecule has 9 aromatic carbocycles. The third kappa shape index (κ3) is 5.45. The van der Waals surface area contributed by atoms with Gasteiger partial charge in [0.25, 0.3) is 0 Å². The highest BCUT2D eigenvalue weighted by molar-refractivity contribution is 6.14.